The summed E-state index contributed by atoms with van der Waals surface area (Å²) in [5, 5.41) is 8.46. The fraction of sp³-hybridized carbons (Fsp3) is 0.652. The second kappa shape index (κ2) is 7.10. The van der Waals surface area contributed by atoms with E-state index in [4.69, 9.17) is 14.8 Å². The number of hydrogen-bond acceptors (Lipinski definition) is 5. The van der Waals surface area contributed by atoms with Crippen LogP contribution in [0, 0.1) is 0 Å². The van der Waals surface area contributed by atoms with Crippen molar-refractivity contribution in [2.75, 3.05) is 38.2 Å². The molecule has 5 heterocycles. The number of fused-ring (bicyclic) bond motifs is 1. The molecular weight excluding hydrogens is 362 g/mol. The standard InChI is InChI=1S/C23H33N5O/c1-15(2)28-21(16-5-7-27(8-6-16)18-12-29-13-18)10-20(26-28)17-9-19-22(24-11-17)25-14-23(19,3)4/h9-11,15-16,18H,5-8,12-14H2,1-4H3,(H,24,25). The highest BCUT2D eigenvalue weighted by atomic mass is 16.5. The number of piperidine rings is 1. The Labute approximate surface area is 173 Å². The van der Waals surface area contributed by atoms with E-state index in [2.05, 4.69) is 54.7 Å². The molecule has 3 aliphatic heterocycles. The Balaban J connectivity index is 1.42. The summed E-state index contributed by atoms with van der Waals surface area (Å²) in [4.78, 5) is 7.30. The average Bonchev–Trinajstić information content (AvgIpc) is 3.23. The summed E-state index contributed by atoms with van der Waals surface area (Å²) in [5.41, 5.74) is 4.98. The first-order valence-electron chi connectivity index (χ1n) is 11.1. The van der Waals surface area contributed by atoms with E-state index in [1.165, 1.54) is 24.1 Å². The minimum atomic E-state index is 0.111. The average molecular weight is 396 g/mol. The fourth-order valence-corrected chi connectivity index (χ4v) is 4.92. The summed E-state index contributed by atoms with van der Waals surface area (Å²) in [7, 11) is 0. The van der Waals surface area contributed by atoms with Gasteiger partial charge in [-0.05, 0) is 51.9 Å². The SMILES string of the molecule is CC(C)n1nc(-c2cnc3c(c2)C(C)(C)CN3)cc1C1CCN(C2COC2)CC1. The van der Waals surface area contributed by atoms with Gasteiger partial charge >= 0.3 is 0 Å². The van der Waals surface area contributed by atoms with E-state index in [1.807, 2.05) is 6.20 Å². The van der Waals surface area contributed by atoms with E-state index in [0.29, 0.717) is 18.0 Å². The largest absolute Gasteiger partial charge is 0.378 e. The number of nitrogens with zero attached hydrogens (tertiary/aromatic N) is 4. The molecule has 1 N–H and O–H groups in total. The molecule has 0 atom stereocenters. The number of anilines is 1. The lowest BCUT2D eigenvalue weighted by atomic mass is 9.87. The van der Waals surface area contributed by atoms with Crippen LogP contribution in [0.15, 0.2) is 18.3 Å². The molecule has 0 saturated carbocycles. The smallest absolute Gasteiger partial charge is 0.129 e. The predicted molar refractivity (Wildman–Crippen MR) is 116 cm³/mol. The third-order valence-electron chi connectivity index (χ3n) is 6.95. The molecule has 0 bridgehead atoms. The van der Waals surface area contributed by atoms with Gasteiger partial charge in [-0.2, -0.15) is 5.10 Å². The Bertz CT molecular complexity index is 891. The zero-order valence-electron chi connectivity index (χ0n) is 18.1. The van der Waals surface area contributed by atoms with Gasteiger partial charge in [0.25, 0.3) is 0 Å². The molecule has 5 rings (SSSR count). The molecular formula is C23H33N5O. The normalized spacial score (nSPS) is 22.5. The highest BCUT2D eigenvalue weighted by molar-refractivity contribution is 5.66. The van der Waals surface area contributed by atoms with Crippen LogP contribution >= 0.6 is 0 Å². The van der Waals surface area contributed by atoms with Gasteiger partial charge in [-0.3, -0.25) is 9.58 Å². The topological polar surface area (TPSA) is 55.2 Å². The van der Waals surface area contributed by atoms with Crippen molar-refractivity contribution in [2.24, 2.45) is 0 Å². The maximum Gasteiger partial charge on any atom is 0.129 e. The second-order valence-electron chi connectivity index (χ2n) is 9.85. The lowest BCUT2D eigenvalue weighted by Crippen LogP contribution is -2.51. The van der Waals surface area contributed by atoms with Crippen LogP contribution in [-0.2, 0) is 10.2 Å². The van der Waals surface area contributed by atoms with Crippen molar-refractivity contribution >= 4 is 5.82 Å². The number of aromatic nitrogens is 3. The van der Waals surface area contributed by atoms with Crippen molar-refractivity contribution in [3.8, 4) is 11.3 Å². The van der Waals surface area contributed by atoms with Gasteiger partial charge in [0.05, 0.1) is 24.9 Å². The molecule has 2 saturated heterocycles. The van der Waals surface area contributed by atoms with Gasteiger partial charge in [0.1, 0.15) is 5.82 Å². The maximum atomic E-state index is 5.38. The Morgan fingerprint density at radius 1 is 1.17 bits per heavy atom. The van der Waals surface area contributed by atoms with Crippen molar-refractivity contribution in [3.63, 3.8) is 0 Å². The lowest BCUT2D eigenvalue weighted by molar-refractivity contribution is -0.0714. The highest BCUT2D eigenvalue weighted by Crippen LogP contribution is 2.38. The van der Waals surface area contributed by atoms with Crippen molar-refractivity contribution < 1.29 is 4.74 Å². The molecule has 3 aliphatic rings. The first-order valence-corrected chi connectivity index (χ1v) is 11.1. The van der Waals surface area contributed by atoms with Gasteiger partial charge in [-0.25, -0.2) is 4.98 Å². The molecule has 2 fully saturated rings. The van der Waals surface area contributed by atoms with Crippen molar-refractivity contribution in [2.45, 2.75) is 64.0 Å². The number of hydrogen-bond donors (Lipinski definition) is 1. The zero-order valence-corrected chi connectivity index (χ0v) is 18.1. The highest BCUT2D eigenvalue weighted by Gasteiger charge is 2.33. The molecule has 0 spiro atoms. The summed E-state index contributed by atoms with van der Waals surface area (Å²) < 4.78 is 7.63. The maximum absolute atomic E-state index is 5.38. The van der Waals surface area contributed by atoms with Crippen LogP contribution in [-0.4, -0.2) is 58.6 Å². The molecule has 0 amide bonds. The van der Waals surface area contributed by atoms with Crippen LogP contribution in [0.1, 0.15) is 63.8 Å². The van der Waals surface area contributed by atoms with Crippen LogP contribution in [0.3, 0.4) is 0 Å². The van der Waals surface area contributed by atoms with Gasteiger partial charge in [0.15, 0.2) is 0 Å². The van der Waals surface area contributed by atoms with Crippen LogP contribution in [0.4, 0.5) is 5.82 Å². The van der Waals surface area contributed by atoms with Gasteiger partial charge in [-0.1, -0.05) is 13.8 Å². The minimum Gasteiger partial charge on any atom is -0.378 e. The first kappa shape index (κ1) is 19.1. The van der Waals surface area contributed by atoms with Gasteiger partial charge in [0, 0.05) is 46.9 Å². The van der Waals surface area contributed by atoms with Crippen LogP contribution in [0.25, 0.3) is 11.3 Å². The summed E-state index contributed by atoms with van der Waals surface area (Å²) in [6.07, 6.45) is 4.38. The molecule has 0 aliphatic carbocycles. The van der Waals surface area contributed by atoms with E-state index in [1.54, 1.807) is 0 Å². The summed E-state index contributed by atoms with van der Waals surface area (Å²) in [6, 6.07) is 5.62. The first-order chi connectivity index (χ1) is 13.9. The van der Waals surface area contributed by atoms with Crippen LogP contribution in [0.5, 0.6) is 0 Å². The van der Waals surface area contributed by atoms with E-state index in [9.17, 15) is 0 Å². The molecule has 2 aromatic heterocycles. The van der Waals surface area contributed by atoms with Crippen molar-refractivity contribution in [3.05, 3.63) is 29.6 Å². The van der Waals surface area contributed by atoms with E-state index in [-0.39, 0.29) is 5.41 Å². The van der Waals surface area contributed by atoms with Crippen molar-refractivity contribution in [1.82, 2.24) is 19.7 Å². The number of pyridine rings is 1. The third kappa shape index (κ3) is 3.36. The second-order valence-corrected chi connectivity index (χ2v) is 9.85. The van der Waals surface area contributed by atoms with E-state index >= 15 is 0 Å². The van der Waals surface area contributed by atoms with Crippen LogP contribution < -0.4 is 5.32 Å². The lowest BCUT2D eigenvalue weighted by Gasteiger charge is -2.41. The Morgan fingerprint density at radius 3 is 2.59 bits per heavy atom. The number of ether oxygens (including phenoxy) is 1. The van der Waals surface area contributed by atoms with Crippen molar-refractivity contribution in [1.29, 1.82) is 0 Å². The minimum absolute atomic E-state index is 0.111. The zero-order chi connectivity index (χ0) is 20.2. The monoisotopic (exact) mass is 395 g/mol. The molecule has 156 valence electrons. The summed E-state index contributed by atoms with van der Waals surface area (Å²) >= 11 is 0. The Kier molecular flexibility index (Phi) is 4.67. The van der Waals surface area contributed by atoms with Crippen LogP contribution in [0.2, 0.25) is 0 Å². The Morgan fingerprint density at radius 2 is 1.93 bits per heavy atom. The quantitative estimate of drug-likeness (QED) is 0.853. The Hall–Kier alpha value is -1.92. The molecule has 0 aromatic carbocycles. The molecule has 2 aromatic rings. The molecule has 0 unspecified atom stereocenters. The summed E-state index contributed by atoms with van der Waals surface area (Å²) in [5.74, 6) is 1.60. The predicted octanol–water partition coefficient (Wildman–Crippen LogP) is 3.81. The molecule has 6 nitrogen and oxygen atoms in total. The number of nitrogens with one attached hydrogen (secondary N) is 1. The van der Waals surface area contributed by atoms with E-state index in [0.717, 1.165) is 49.9 Å². The number of rotatable bonds is 4. The van der Waals surface area contributed by atoms with Gasteiger partial charge < -0.3 is 10.1 Å². The van der Waals surface area contributed by atoms with Gasteiger partial charge in [0.2, 0.25) is 0 Å². The molecule has 0 radical (unpaired) electrons. The molecule has 29 heavy (non-hydrogen) atoms. The van der Waals surface area contributed by atoms with E-state index < -0.39 is 0 Å². The number of likely N-dealkylation sites (tertiary alicyclic amines) is 1. The molecule has 6 heteroatoms. The third-order valence-corrected chi connectivity index (χ3v) is 6.95. The summed E-state index contributed by atoms with van der Waals surface area (Å²) in [6.45, 7) is 14.1. The van der Waals surface area contributed by atoms with Gasteiger partial charge in [-0.15, -0.1) is 0 Å². The fourth-order valence-electron chi connectivity index (χ4n) is 4.92.